The lowest BCUT2D eigenvalue weighted by Crippen LogP contribution is -2.38. The van der Waals surface area contributed by atoms with E-state index in [0.29, 0.717) is 27.7 Å². The molecule has 2 aromatic heterocycles. The van der Waals surface area contributed by atoms with E-state index in [-0.39, 0.29) is 22.7 Å². The van der Waals surface area contributed by atoms with Gasteiger partial charge in [0.1, 0.15) is 6.04 Å². The Morgan fingerprint density at radius 2 is 1.80 bits per heavy atom. The molecule has 6 rings (SSSR count). The number of anilines is 2. The second-order valence-corrected chi connectivity index (χ2v) is 11.9. The van der Waals surface area contributed by atoms with Crippen molar-refractivity contribution in [1.82, 2.24) is 14.9 Å². The van der Waals surface area contributed by atoms with Gasteiger partial charge in [-0.25, -0.2) is 0 Å². The van der Waals surface area contributed by atoms with E-state index in [1.165, 1.54) is 12.5 Å². The number of piperidine rings is 1. The summed E-state index contributed by atoms with van der Waals surface area (Å²) in [5, 5.41) is 16.3. The monoisotopic (exact) mass is 586 g/mol. The molecule has 0 saturated carbocycles. The lowest BCUT2D eigenvalue weighted by Gasteiger charge is -2.37. The lowest BCUT2D eigenvalue weighted by atomic mass is 9.91. The fraction of sp³-hybridized carbons (Fsp3) is 0.290. The quantitative estimate of drug-likeness (QED) is 0.147. The van der Waals surface area contributed by atoms with Gasteiger partial charge in [0.15, 0.2) is 5.11 Å². The van der Waals surface area contributed by atoms with Crippen molar-refractivity contribution in [1.29, 1.82) is 0 Å². The molecule has 2 aromatic carbocycles. The smallest absolute Gasteiger partial charge is 0.271 e. The number of nitro benzene ring substituents is 1. The molecule has 0 spiro atoms. The molecule has 0 bridgehead atoms. The van der Waals surface area contributed by atoms with Crippen molar-refractivity contribution >= 4 is 46.0 Å². The number of halogens is 1. The van der Waals surface area contributed by atoms with Crippen LogP contribution in [-0.4, -0.2) is 32.7 Å². The summed E-state index contributed by atoms with van der Waals surface area (Å²) in [7, 11) is 0. The first-order valence-corrected chi connectivity index (χ1v) is 14.6. The molecule has 2 saturated heterocycles. The van der Waals surface area contributed by atoms with Crippen molar-refractivity contribution in [3.63, 3.8) is 0 Å². The van der Waals surface area contributed by atoms with Crippen LogP contribution in [0.15, 0.2) is 85.2 Å². The summed E-state index contributed by atoms with van der Waals surface area (Å²) in [4.78, 5) is 20.3. The molecule has 210 valence electrons. The zero-order chi connectivity index (χ0) is 28.7. The molecule has 4 atom stereocenters. The second kappa shape index (κ2) is 11.1. The van der Waals surface area contributed by atoms with Gasteiger partial charge in [-0.1, -0.05) is 37.6 Å². The van der Waals surface area contributed by atoms with E-state index in [2.05, 4.69) is 46.1 Å². The summed E-state index contributed by atoms with van der Waals surface area (Å²) >= 11 is 12.9. The topological polar surface area (TPSA) is 79.5 Å². The molecule has 0 amide bonds. The van der Waals surface area contributed by atoms with Crippen molar-refractivity contribution in [3.8, 4) is 5.69 Å². The zero-order valence-electron chi connectivity index (χ0n) is 22.9. The van der Waals surface area contributed by atoms with Gasteiger partial charge in [0.2, 0.25) is 0 Å². The minimum absolute atomic E-state index is 0.0315. The number of nitrogens with zero attached hydrogens (tertiary/aromatic N) is 5. The number of nitrogens with one attached hydrogen (secondary N) is 1. The summed E-state index contributed by atoms with van der Waals surface area (Å²) in [6.45, 7) is 6.54. The number of non-ortho nitro benzene ring substituents is 1. The fourth-order valence-corrected chi connectivity index (χ4v) is 6.96. The van der Waals surface area contributed by atoms with Crippen molar-refractivity contribution < 1.29 is 4.92 Å². The number of pyridine rings is 1. The predicted molar refractivity (Wildman–Crippen MR) is 167 cm³/mol. The van der Waals surface area contributed by atoms with Crippen LogP contribution in [0.25, 0.3) is 5.69 Å². The van der Waals surface area contributed by atoms with Crippen LogP contribution in [0.2, 0.25) is 5.02 Å². The fourth-order valence-electron chi connectivity index (χ4n) is 6.32. The van der Waals surface area contributed by atoms with Gasteiger partial charge < -0.3 is 19.7 Å². The Morgan fingerprint density at radius 1 is 1.00 bits per heavy atom. The highest BCUT2D eigenvalue weighted by Crippen LogP contribution is 2.44. The van der Waals surface area contributed by atoms with Crippen molar-refractivity contribution in [2.75, 3.05) is 22.9 Å². The Bertz CT molecular complexity index is 1580. The van der Waals surface area contributed by atoms with Gasteiger partial charge in [-0.2, -0.15) is 0 Å². The van der Waals surface area contributed by atoms with Crippen LogP contribution in [0, 0.1) is 22.0 Å². The molecule has 10 heteroatoms. The number of hydrogen-bond acceptors (Lipinski definition) is 5. The van der Waals surface area contributed by atoms with Gasteiger partial charge in [-0.3, -0.25) is 15.1 Å². The maximum atomic E-state index is 11.5. The van der Waals surface area contributed by atoms with Gasteiger partial charge in [0.05, 0.1) is 33.1 Å². The van der Waals surface area contributed by atoms with Crippen LogP contribution in [0.1, 0.15) is 43.7 Å². The highest BCUT2D eigenvalue weighted by molar-refractivity contribution is 7.80. The molecule has 2 aliphatic rings. The third kappa shape index (κ3) is 5.27. The first kappa shape index (κ1) is 27.2. The highest BCUT2D eigenvalue weighted by atomic mass is 35.5. The van der Waals surface area contributed by atoms with Crippen LogP contribution in [0.4, 0.5) is 17.1 Å². The van der Waals surface area contributed by atoms with Gasteiger partial charge >= 0.3 is 0 Å². The minimum Gasteiger partial charge on any atom is -0.370 e. The average Bonchev–Trinajstić information content (AvgIpc) is 3.57. The molecule has 2 aliphatic heterocycles. The molecule has 1 N–H and O–H groups in total. The van der Waals surface area contributed by atoms with Crippen LogP contribution >= 0.6 is 23.8 Å². The van der Waals surface area contributed by atoms with Crippen LogP contribution in [0.5, 0.6) is 0 Å². The standard InChI is InChI=1S/C31H31ClN6O2S/c1-20-15-21(2)19-35(18-20)27-12-11-23(17-25(27)32)37-30(29(34-31(37)41)26-9-3-4-13-33-26)28-10-6-14-36(28)22-7-5-8-24(16-22)38(39)40/h3-14,16-17,20-21,29-30H,15,18-19H2,1-2H3,(H,34,41)/t20-,21+,29-,30+/m1/s1. The van der Waals surface area contributed by atoms with Crippen molar-refractivity contribution in [2.24, 2.45) is 11.8 Å². The maximum absolute atomic E-state index is 11.5. The number of hydrogen-bond donors (Lipinski definition) is 1. The number of aromatic nitrogens is 2. The number of rotatable bonds is 6. The first-order valence-electron chi connectivity index (χ1n) is 13.8. The van der Waals surface area contributed by atoms with Gasteiger partial charge in [-0.05, 0) is 79.0 Å². The molecule has 2 fully saturated rings. The molecule has 8 nitrogen and oxygen atoms in total. The third-order valence-electron chi connectivity index (χ3n) is 7.92. The average molecular weight is 587 g/mol. The molecular weight excluding hydrogens is 556 g/mol. The van der Waals surface area contributed by atoms with E-state index in [9.17, 15) is 10.1 Å². The number of benzene rings is 2. The largest absolute Gasteiger partial charge is 0.370 e. The van der Waals surface area contributed by atoms with E-state index >= 15 is 0 Å². The normalized spacial score (nSPS) is 22.6. The third-order valence-corrected chi connectivity index (χ3v) is 8.54. The summed E-state index contributed by atoms with van der Waals surface area (Å²) in [6.07, 6.45) is 4.91. The van der Waals surface area contributed by atoms with Crippen LogP contribution in [0.3, 0.4) is 0 Å². The minimum atomic E-state index is -0.380. The molecule has 4 aromatic rings. The Kier molecular flexibility index (Phi) is 7.40. The van der Waals surface area contributed by atoms with E-state index in [1.807, 2.05) is 53.2 Å². The summed E-state index contributed by atoms with van der Waals surface area (Å²) in [5.74, 6) is 1.21. The van der Waals surface area contributed by atoms with Crippen molar-refractivity contribution in [3.05, 3.63) is 112 Å². The molecule has 0 radical (unpaired) electrons. The Morgan fingerprint density at radius 3 is 2.51 bits per heavy atom. The van der Waals surface area contributed by atoms with Crippen LogP contribution in [-0.2, 0) is 0 Å². The summed E-state index contributed by atoms with van der Waals surface area (Å²) in [6, 6.07) is 22.0. The van der Waals surface area contributed by atoms with E-state index in [4.69, 9.17) is 23.8 Å². The zero-order valence-corrected chi connectivity index (χ0v) is 24.4. The van der Waals surface area contributed by atoms with Gasteiger partial charge in [0, 0.05) is 49.0 Å². The summed E-state index contributed by atoms with van der Waals surface area (Å²) in [5.41, 5.74) is 4.37. The predicted octanol–water partition coefficient (Wildman–Crippen LogP) is 7.09. The number of nitro groups is 1. The maximum Gasteiger partial charge on any atom is 0.271 e. The van der Waals surface area contributed by atoms with Gasteiger partial charge in [0.25, 0.3) is 5.69 Å². The first-order chi connectivity index (χ1) is 19.8. The molecule has 41 heavy (non-hydrogen) atoms. The lowest BCUT2D eigenvalue weighted by molar-refractivity contribution is -0.384. The molecule has 0 aliphatic carbocycles. The van der Waals surface area contributed by atoms with Gasteiger partial charge in [-0.15, -0.1) is 0 Å². The SMILES string of the molecule is C[C@@H]1C[C@H](C)CN(c2ccc(N3C(=S)N[C@H](c4ccccn4)[C@@H]3c3cccn3-c3cccc([N+](=O)[O-])c3)cc2Cl)C1. The van der Waals surface area contributed by atoms with E-state index < -0.39 is 0 Å². The number of thiocarbonyl (C=S) groups is 1. The Balaban J connectivity index is 1.43. The van der Waals surface area contributed by atoms with Crippen LogP contribution < -0.4 is 15.1 Å². The second-order valence-electron chi connectivity index (χ2n) is 11.1. The summed E-state index contributed by atoms with van der Waals surface area (Å²) < 4.78 is 1.97. The Labute approximate surface area is 249 Å². The van der Waals surface area contributed by atoms with E-state index in [1.54, 1.807) is 18.3 Å². The molecular formula is C31H31ClN6O2S. The molecule has 0 unspecified atom stereocenters. The molecule has 4 heterocycles. The Hall–Kier alpha value is -3.95. The van der Waals surface area contributed by atoms with E-state index in [0.717, 1.165) is 35.9 Å². The van der Waals surface area contributed by atoms with Crippen molar-refractivity contribution in [2.45, 2.75) is 32.4 Å². The highest BCUT2D eigenvalue weighted by Gasteiger charge is 2.42.